The van der Waals surface area contributed by atoms with Gasteiger partial charge in [-0.15, -0.1) is 0 Å². The Bertz CT molecular complexity index is 824. The SMILES string of the molecule is CCC(Cn1ccnc1)n1cnc2ccc(OC)cc2c1=O. The first-order chi connectivity index (χ1) is 10.7. The van der Waals surface area contributed by atoms with E-state index in [1.807, 2.05) is 16.8 Å². The van der Waals surface area contributed by atoms with Crippen LogP contribution in [0.3, 0.4) is 0 Å². The topological polar surface area (TPSA) is 61.9 Å². The second-order valence-corrected chi connectivity index (χ2v) is 5.16. The largest absolute Gasteiger partial charge is 0.497 e. The predicted molar refractivity (Wildman–Crippen MR) is 84.1 cm³/mol. The highest BCUT2D eigenvalue weighted by Gasteiger charge is 2.14. The molecule has 6 heteroatoms. The number of nitrogens with zero attached hydrogens (tertiary/aromatic N) is 4. The lowest BCUT2D eigenvalue weighted by Crippen LogP contribution is -2.27. The van der Waals surface area contributed by atoms with Gasteiger partial charge in [0.2, 0.25) is 0 Å². The Balaban J connectivity index is 2.05. The van der Waals surface area contributed by atoms with Gasteiger partial charge in [-0.25, -0.2) is 9.97 Å². The van der Waals surface area contributed by atoms with Crippen LogP contribution in [0.15, 0.2) is 48.0 Å². The van der Waals surface area contributed by atoms with Crippen LogP contribution < -0.4 is 10.3 Å². The van der Waals surface area contributed by atoms with Crippen LogP contribution in [0.25, 0.3) is 10.9 Å². The fraction of sp³-hybridized carbons (Fsp3) is 0.312. The molecule has 2 heterocycles. The van der Waals surface area contributed by atoms with E-state index in [1.54, 1.807) is 42.7 Å². The summed E-state index contributed by atoms with van der Waals surface area (Å²) in [6.45, 7) is 2.75. The van der Waals surface area contributed by atoms with Crippen molar-refractivity contribution >= 4 is 10.9 Å². The predicted octanol–water partition coefficient (Wildman–Crippen LogP) is 2.25. The average molecular weight is 298 g/mol. The first-order valence-electron chi connectivity index (χ1n) is 7.23. The molecule has 0 bridgehead atoms. The number of rotatable bonds is 5. The summed E-state index contributed by atoms with van der Waals surface area (Å²) in [5.74, 6) is 0.659. The number of ether oxygens (including phenoxy) is 1. The summed E-state index contributed by atoms with van der Waals surface area (Å²) in [6.07, 6.45) is 7.84. The third-order valence-corrected chi connectivity index (χ3v) is 3.84. The molecule has 0 spiro atoms. The molecule has 6 nitrogen and oxygen atoms in total. The maximum Gasteiger partial charge on any atom is 0.261 e. The van der Waals surface area contributed by atoms with Gasteiger partial charge in [0.1, 0.15) is 5.75 Å². The molecule has 22 heavy (non-hydrogen) atoms. The van der Waals surface area contributed by atoms with Crippen LogP contribution in [-0.4, -0.2) is 26.2 Å². The summed E-state index contributed by atoms with van der Waals surface area (Å²) in [5, 5.41) is 0.575. The molecule has 3 rings (SSSR count). The molecule has 0 saturated heterocycles. The van der Waals surface area contributed by atoms with E-state index >= 15 is 0 Å². The van der Waals surface area contributed by atoms with E-state index in [-0.39, 0.29) is 11.6 Å². The van der Waals surface area contributed by atoms with Crippen LogP contribution in [0, 0.1) is 0 Å². The Morgan fingerprint density at radius 3 is 2.86 bits per heavy atom. The van der Waals surface area contributed by atoms with Gasteiger partial charge in [0.15, 0.2) is 0 Å². The van der Waals surface area contributed by atoms with E-state index in [0.717, 1.165) is 6.42 Å². The molecule has 0 aliphatic carbocycles. The van der Waals surface area contributed by atoms with Crippen molar-refractivity contribution in [3.05, 3.63) is 53.6 Å². The summed E-state index contributed by atoms with van der Waals surface area (Å²) in [6, 6.07) is 5.38. The van der Waals surface area contributed by atoms with Crippen molar-refractivity contribution in [1.82, 2.24) is 19.1 Å². The van der Waals surface area contributed by atoms with Gasteiger partial charge in [-0.05, 0) is 24.6 Å². The zero-order chi connectivity index (χ0) is 15.5. The molecule has 2 aromatic heterocycles. The van der Waals surface area contributed by atoms with Crippen molar-refractivity contribution in [2.75, 3.05) is 7.11 Å². The minimum absolute atomic E-state index is 0.0322. The zero-order valence-corrected chi connectivity index (χ0v) is 12.6. The van der Waals surface area contributed by atoms with Crippen LogP contribution in [-0.2, 0) is 6.54 Å². The van der Waals surface area contributed by atoms with Crippen molar-refractivity contribution in [2.45, 2.75) is 25.9 Å². The van der Waals surface area contributed by atoms with Crippen molar-refractivity contribution in [2.24, 2.45) is 0 Å². The average Bonchev–Trinajstić information content (AvgIpc) is 3.06. The lowest BCUT2D eigenvalue weighted by molar-refractivity contribution is 0.405. The summed E-state index contributed by atoms with van der Waals surface area (Å²) >= 11 is 0. The molecule has 0 aliphatic rings. The van der Waals surface area contributed by atoms with E-state index < -0.39 is 0 Å². The molecular formula is C16H18N4O2. The molecule has 0 fully saturated rings. The molecule has 0 N–H and O–H groups in total. The number of hydrogen-bond donors (Lipinski definition) is 0. The lowest BCUT2D eigenvalue weighted by Gasteiger charge is -2.18. The minimum atomic E-state index is -0.0455. The summed E-state index contributed by atoms with van der Waals surface area (Å²) in [4.78, 5) is 21.2. The Hall–Kier alpha value is -2.63. The van der Waals surface area contributed by atoms with Gasteiger partial charge in [-0.3, -0.25) is 9.36 Å². The standard InChI is InChI=1S/C16H18N4O2/c1-3-12(9-19-7-6-17-10-19)20-11-18-15-5-4-13(22-2)8-14(15)16(20)21/h4-8,10-12H,3,9H2,1-2H3. The third-order valence-electron chi connectivity index (χ3n) is 3.84. The first-order valence-corrected chi connectivity index (χ1v) is 7.23. The zero-order valence-electron chi connectivity index (χ0n) is 12.6. The summed E-state index contributed by atoms with van der Waals surface area (Å²) in [7, 11) is 1.59. The van der Waals surface area contributed by atoms with E-state index in [9.17, 15) is 4.79 Å². The second-order valence-electron chi connectivity index (χ2n) is 5.16. The van der Waals surface area contributed by atoms with E-state index in [2.05, 4.69) is 16.9 Å². The lowest BCUT2D eigenvalue weighted by atomic mass is 10.2. The van der Waals surface area contributed by atoms with Gasteiger partial charge in [0.05, 0.1) is 36.7 Å². The van der Waals surface area contributed by atoms with Crippen LogP contribution in [0.1, 0.15) is 19.4 Å². The van der Waals surface area contributed by atoms with Gasteiger partial charge in [0, 0.05) is 18.9 Å². The molecule has 0 amide bonds. The van der Waals surface area contributed by atoms with E-state index in [1.165, 1.54) is 0 Å². The maximum absolute atomic E-state index is 12.8. The third kappa shape index (κ3) is 2.59. The van der Waals surface area contributed by atoms with Crippen LogP contribution >= 0.6 is 0 Å². The first kappa shape index (κ1) is 14.3. The normalized spacial score (nSPS) is 12.5. The van der Waals surface area contributed by atoms with Gasteiger partial charge < -0.3 is 9.30 Å². The molecule has 0 aliphatic heterocycles. The van der Waals surface area contributed by atoms with Crippen LogP contribution in [0.2, 0.25) is 0 Å². The highest BCUT2D eigenvalue weighted by molar-refractivity contribution is 5.78. The molecule has 114 valence electrons. The minimum Gasteiger partial charge on any atom is -0.497 e. The van der Waals surface area contributed by atoms with E-state index in [0.29, 0.717) is 23.2 Å². The maximum atomic E-state index is 12.8. The summed E-state index contributed by atoms with van der Waals surface area (Å²) in [5.41, 5.74) is 0.635. The molecule has 1 atom stereocenters. The van der Waals surface area contributed by atoms with Crippen molar-refractivity contribution in [3.8, 4) is 5.75 Å². The molecule has 3 aromatic rings. The molecule has 1 unspecified atom stereocenters. The van der Waals surface area contributed by atoms with Crippen molar-refractivity contribution in [3.63, 3.8) is 0 Å². The Kier molecular flexibility index (Phi) is 3.91. The molecular weight excluding hydrogens is 280 g/mol. The van der Waals surface area contributed by atoms with Crippen molar-refractivity contribution < 1.29 is 4.74 Å². The Morgan fingerprint density at radius 1 is 1.32 bits per heavy atom. The molecule has 1 aromatic carbocycles. The Morgan fingerprint density at radius 2 is 2.18 bits per heavy atom. The van der Waals surface area contributed by atoms with Crippen LogP contribution in [0.4, 0.5) is 0 Å². The van der Waals surface area contributed by atoms with Gasteiger partial charge in [-0.1, -0.05) is 6.92 Å². The Labute approximate surface area is 128 Å². The highest BCUT2D eigenvalue weighted by Crippen LogP contribution is 2.18. The second kappa shape index (κ2) is 6.01. The van der Waals surface area contributed by atoms with Gasteiger partial charge in [-0.2, -0.15) is 0 Å². The van der Waals surface area contributed by atoms with Crippen LogP contribution in [0.5, 0.6) is 5.75 Å². The number of methoxy groups -OCH3 is 1. The van der Waals surface area contributed by atoms with Gasteiger partial charge in [0.25, 0.3) is 5.56 Å². The number of aromatic nitrogens is 4. The smallest absolute Gasteiger partial charge is 0.261 e. The fourth-order valence-electron chi connectivity index (χ4n) is 2.55. The monoisotopic (exact) mass is 298 g/mol. The molecule has 0 radical (unpaired) electrons. The number of imidazole rings is 1. The molecule has 0 saturated carbocycles. The fourth-order valence-corrected chi connectivity index (χ4v) is 2.55. The van der Waals surface area contributed by atoms with Crippen molar-refractivity contribution in [1.29, 1.82) is 0 Å². The quantitative estimate of drug-likeness (QED) is 0.725. The van der Waals surface area contributed by atoms with Gasteiger partial charge >= 0.3 is 0 Å². The van der Waals surface area contributed by atoms with E-state index in [4.69, 9.17) is 4.74 Å². The summed E-state index contributed by atoms with van der Waals surface area (Å²) < 4.78 is 8.87. The highest BCUT2D eigenvalue weighted by atomic mass is 16.5. The number of hydrogen-bond acceptors (Lipinski definition) is 4. The number of benzene rings is 1. The number of fused-ring (bicyclic) bond motifs is 1.